The molecule has 2 aliphatic rings. The molecule has 0 aliphatic carbocycles. The molecule has 43 heavy (non-hydrogen) atoms. The average Bonchev–Trinajstić information content (AvgIpc) is 3.51. The lowest BCUT2D eigenvalue weighted by Crippen LogP contribution is -2.54. The minimum Gasteiger partial charge on any atom is -0.348 e. The molecule has 2 bridgehead atoms. The van der Waals surface area contributed by atoms with Crippen LogP contribution in [0.1, 0.15) is 58.2 Å². The van der Waals surface area contributed by atoms with Crippen LogP contribution in [0, 0.1) is 0 Å². The van der Waals surface area contributed by atoms with Gasteiger partial charge in [0.1, 0.15) is 5.69 Å². The van der Waals surface area contributed by atoms with E-state index in [1.54, 1.807) is 24.4 Å². The predicted octanol–water partition coefficient (Wildman–Crippen LogP) is 6.26. The molecular weight excluding hydrogens is 581 g/mol. The van der Waals surface area contributed by atoms with Crippen molar-refractivity contribution in [1.29, 1.82) is 0 Å². The highest BCUT2D eigenvalue weighted by Gasteiger charge is 2.39. The molecule has 2 atom stereocenters. The standard InChI is InChI=1S/C34H37Cl2N5O2/c1-2-24-7-5-8-27-28(34(43)38-18-23-10-13-29(35)30(36)17-23)21-40(33(24)27)15-6-16-41-25-11-12-26(41)20-39(19-25)22-32(42)31-9-3-4-14-37-31/h3-5,7-10,13-14,17,21,25-26H,2,6,11-12,15-16,18-20,22H2,1H3,(H,38,43). The van der Waals surface area contributed by atoms with E-state index in [0.717, 1.165) is 55.5 Å². The number of hydrogen-bond acceptors (Lipinski definition) is 5. The van der Waals surface area contributed by atoms with Gasteiger partial charge < -0.3 is 9.88 Å². The minimum atomic E-state index is -0.0995. The summed E-state index contributed by atoms with van der Waals surface area (Å²) >= 11 is 12.2. The predicted molar refractivity (Wildman–Crippen MR) is 172 cm³/mol. The number of hydrogen-bond donors (Lipinski definition) is 1. The molecule has 2 aromatic carbocycles. The number of para-hydroxylation sites is 1. The molecule has 9 heteroatoms. The Bertz CT molecular complexity index is 1610. The number of benzene rings is 2. The largest absolute Gasteiger partial charge is 0.348 e. The topological polar surface area (TPSA) is 70.5 Å². The van der Waals surface area contributed by atoms with Gasteiger partial charge in [-0.2, -0.15) is 0 Å². The van der Waals surface area contributed by atoms with Crippen molar-refractivity contribution in [2.75, 3.05) is 26.2 Å². The molecule has 1 N–H and O–H groups in total. The molecule has 2 aromatic heterocycles. The monoisotopic (exact) mass is 617 g/mol. The van der Waals surface area contributed by atoms with Crippen LogP contribution in [0.15, 0.2) is 67.0 Å². The van der Waals surface area contributed by atoms with Crippen molar-refractivity contribution in [3.63, 3.8) is 0 Å². The van der Waals surface area contributed by atoms with E-state index in [2.05, 4.69) is 37.7 Å². The van der Waals surface area contributed by atoms with E-state index < -0.39 is 0 Å². The normalized spacial score (nSPS) is 18.8. The molecule has 0 spiro atoms. The first-order chi connectivity index (χ1) is 20.9. The Morgan fingerprint density at radius 1 is 0.977 bits per heavy atom. The van der Waals surface area contributed by atoms with E-state index in [1.165, 1.54) is 18.4 Å². The van der Waals surface area contributed by atoms with Crippen LogP contribution < -0.4 is 5.32 Å². The number of rotatable bonds is 11. The summed E-state index contributed by atoms with van der Waals surface area (Å²) in [6.45, 7) is 6.65. The van der Waals surface area contributed by atoms with E-state index in [0.29, 0.717) is 46.5 Å². The molecule has 7 nitrogen and oxygen atoms in total. The smallest absolute Gasteiger partial charge is 0.253 e. The van der Waals surface area contributed by atoms with E-state index in [-0.39, 0.29) is 11.7 Å². The van der Waals surface area contributed by atoms with Crippen molar-refractivity contribution in [2.45, 2.75) is 57.8 Å². The number of nitrogens with one attached hydrogen (secondary N) is 1. The Balaban J connectivity index is 1.10. The van der Waals surface area contributed by atoms with Gasteiger partial charge in [-0.15, -0.1) is 0 Å². The van der Waals surface area contributed by atoms with Gasteiger partial charge in [-0.25, -0.2) is 0 Å². The van der Waals surface area contributed by atoms with Gasteiger partial charge in [-0.3, -0.25) is 24.4 Å². The third kappa shape index (κ3) is 6.50. The van der Waals surface area contributed by atoms with Gasteiger partial charge in [0.25, 0.3) is 5.91 Å². The average molecular weight is 619 g/mol. The number of fused-ring (bicyclic) bond motifs is 3. The maximum Gasteiger partial charge on any atom is 0.253 e. The molecule has 1 amide bonds. The first-order valence-corrected chi connectivity index (χ1v) is 15.9. The summed E-state index contributed by atoms with van der Waals surface area (Å²) < 4.78 is 2.27. The first-order valence-electron chi connectivity index (χ1n) is 15.2. The summed E-state index contributed by atoms with van der Waals surface area (Å²) in [4.78, 5) is 35.3. The summed E-state index contributed by atoms with van der Waals surface area (Å²) in [5, 5.41) is 5.02. The summed E-state index contributed by atoms with van der Waals surface area (Å²) in [5.74, 6) is -0.00559. The Hall–Kier alpha value is -3.23. The lowest BCUT2D eigenvalue weighted by molar-refractivity contribution is 0.0586. The summed E-state index contributed by atoms with van der Waals surface area (Å²) in [7, 11) is 0. The van der Waals surface area contributed by atoms with Gasteiger partial charge in [0.05, 0.1) is 27.7 Å². The second-order valence-electron chi connectivity index (χ2n) is 11.6. The maximum atomic E-state index is 13.4. The Labute approximate surface area is 262 Å². The molecule has 2 fully saturated rings. The van der Waals surface area contributed by atoms with Crippen molar-refractivity contribution < 1.29 is 9.59 Å². The molecule has 4 heterocycles. The Kier molecular flexibility index (Phi) is 9.14. The zero-order valence-corrected chi connectivity index (χ0v) is 25.9. The summed E-state index contributed by atoms with van der Waals surface area (Å²) in [6.07, 6.45) is 7.94. The van der Waals surface area contributed by atoms with Gasteiger partial charge >= 0.3 is 0 Å². The molecule has 2 saturated heterocycles. The lowest BCUT2D eigenvalue weighted by atomic mass is 10.1. The van der Waals surface area contributed by atoms with Crippen molar-refractivity contribution >= 4 is 45.8 Å². The first kappa shape index (κ1) is 29.8. The van der Waals surface area contributed by atoms with Crippen LogP contribution in [0.2, 0.25) is 10.0 Å². The van der Waals surface area contributed by atoms with Gasteiger partial charge in [0.15, 0.2) is 5.78 Å². The van der Waals surface area contributed by atoms with Gasteiger partial charge in [-0.05, 0) is 61.1 Å². The minimum absolute atomic E-state index is 0.0940. The summed E-state index contributed by atoms with van der Waals surface area (Å²) in [5.41, 5.74) is 4.52. The third-order valence-electron chi connectivity index (χ3n) is 8.89. The Morgan fingerprint density at radius 2 is 1.79 bits per heavy atom. The van der Waals surface area contributed by atoms with Crippen LogP contribution in [0.5, 0.6) is 0 Å². The van der Waals surface area contributed by atoms with E-state index in [9.17, 15) is 9.59 Å². The second-order valence-corrected chi connectivity index (χ2v) is 12.5. The number of amides is 1. The van der Waals surface area contributed by atoms with Crippen molar-refractivity contribution in [3.8, 4) is 0 Å². The highest BCUT2D eigenvalue weighted by Crippen LogP contribution is 2.31. The van der Waals surface area contributed by atoms with Crippen LogP contribution in [-0.2, 0) is 19.5 Å². The molecule has 2 aliphatic heterocycles. The lowest BCUT2D eigenvalue weighted by Gasteiger charge is -2.40. The molecule has 224 valence electrons. The third-order valence-corrected chi connectivity index (χ3v) is 9.63. The number of carbonyl (C=O) groups is 2. The van der Waals surface area contributed by atoms with Crippen molar-refractivity contribution in [1.82, 2.24) is 24.7 Å². The number of aryl methyl sites for hydroxylation is 2. The fraction of sp³-hybridized carbons (Fsp3) is 0.382. The molecular formula is C34H37Cl2N5O2. The quantitative estimate of drug-likeness (QED) is 0.201. The van der Waals surface area contributed by atoms with E-state index >= 15 is 0 Å². The van der Waals surface area contributed by atoms with E-state index in [4.69, 9.17) is 23.2 Å². The van der Waals surface area contributed by atoms with Crippen molar-refractivity contribution in [3.05, 3.63) is 99.4 Å². The number of ketones is 1. The number of carbonyl (C=O) groups excluding carboxylic acids is 2. The highest BCUT2D eigenvalue weighted by molar-refractivity contribution is 6.42. The van der Waals surface area contributed by atoms with Crippen LogP contribution in [0.4, 0.5) is 0 Å². The van der Waals surface area contributed by atoms with Crippen LogP contribution >= 0.6 is 23.2 Å². The molecule has 0 saturated carbocycles. The second kappa shape index (κ2) is 13.2. The summed E-state index contributed by atoms with van der Waals surface area (Å²) in [6, 6.07) is 18.1. The van der Waals surface area contributed by atoms with Gasteiger partial charge in [-0.1, -0.05) is 60.5 Å². The molecule has 6 rings (SSSR count). The number of likely N-dealkylation sites (tertiary alicyclic amines) is 1. The number of aromatic nitrogens is 2. The van der Waals surface area contributed by atoms with Gasteiger partial charge in [0, 0.05) is 62.6 Å². The number of halogens is 2. The SMILES string of the molecule is CCc1cccc2c(C(=O)NCc3ccc(Cl)c(Cl)c3)cn(CCCN3C4CCC3CN(CC(=O)c3ccccn3)C4)c12. The fourth-order valence-electron chi connectivity index (χ4n) is 6.81. The maximum absolute atomic E-state index is 13.4. The molecule has 4 aromatic rings. The highest BCUT2D eigenvalue weighted by atomic mass is 35.5. The fourth-order valence-corrected chi connectivity index (χ4v) is 7.14. The van der Waals surface area contributed by atoms with Crippen LogP contribution in [0.25, 0.3) is 10.9 Å². The number of piperazine rings is 1. The van der Waals surface area contributed by atoms with Crippen molar-refractivity contribution in [2.24, 2.45) is 0 Å². The Morgan fingerprint density at radius 3 is 2.51 bits per heavy atom. The number of nitrogens with zero attached hydrogens (tertiary/aromatic N) is 4. The number of pyridine rings is 1. The van der Waals surface area contributed by atoms with E-state index in [1.807, 2.05) is 36.5 Å². The zero-order valence-electron chi connectivity index (χ0n) is 24.4. The van der Waals surface area contributed by atoms with Gasteiger partial charge in [0.2, 0.25) is 0 Å². The van der Waals surface area contributed by atoms with Crippen LogP contribution in [-0.4, -0.2) is 69.3 Å². The zero-order chi connectivity index (χ0) is 29.9. The molecule has 0 radical (unpaired) electrons. The molecule has 2 unspecified atom stereocenters. The van der Waals surface area contributed by atoms with Crippen LogP contribution in [0.3, 0.4) is 0 Å². The number of Topliss-reactive ketones (excluding diaryl/α,β-unsaturated/α-hetero) is 1.